The Balaban J connectivity index is 1.60. The first-order chi connectivity index (χ1) is 13.1. The number of carbonyl (C=O) groups excluding carboxylic acids is 1. The van der Waals surface area contributed by atoms with Gasteiger partial charge in [0.1, 0.15) is 11.9 Å². The van der Waals surface area contributed by atoms with E-state index in [1.165, 1.54) is 6.07 Å². The van der Waals surface area contributed by atoms with Crippen LogP contribution in [0.25, 0.3) is 11.4 Å². The van der Waals surface area contributed by atoms with Gasteiger partial charge in [-0.15, -0.1) is 0 Å². The Bertz CT molecular complexity index is 898. The zero-order valence-corrected chi connectivity index (χ0v) is 15.1. The first-order valence-corrected chi connectivity index (χ1v) is 8.48. The number of likely N-dealkylation sites (N-methyl/N-ethyl adjacent to an activating group) is 1. The molecule has 0 aliphatic rings. The maximum absolute atomic E-state index is 14.1. The SMILES string of the molecule is CN(C)C(C(=O)NCCc1nc(-c2cccnc2)no1)c1ccccc1F. The number of benzene rings is 1. The fourth-order valence-electron chi connectivity index (χ4n) is 2.71. The molecule has 0 bridgehead atoms. The second-order valence-electron chi connectivity index (χ2n) is 6.18. The molecule has 0 saturated heterocycles. The monoisotopic (exact) mass is 369 g/mol. The molecule has 7 nitrogen and oxygen atoms in total. The number of halogens is 1. The van der Waals surface area contributed by atoms with Crippen LogP contribution in [-0.2, 0) is 11.2 Å². The molecule has 8 heteroatoms. The molecule has 27 heavy (non-hydrogen) atoms. The van der Waals surface area contributed by atoms with Gasteiger partial charge in [0, 0.05) is 36.5 Å². The van der Waals surface area contributed by atoms with E-state index in [1.54, 1.807) is 55.7 Å². The summed E-state index contributed by atoms with van der Waals surface area (Å²) in [6.07, 6.45) is 3.68. The number of pyridine rings is 1. The standard InChI is InChI=1S/C19H20FN5O2/c1-25(2)17(14-7-3-4-8-15(14)20)19(26)22-11-9-16-23-18(24-27-16)13-6-5-10-21-12-13/h3-8,10,12,17H,9,11H2,1-2H3,(H,22,26). The minimum atomic E-state index is -0.722. The highest BCUT2D eigenvalue weighted by atomic mass is 19.1. The number of nitrogens with zero attached hydrogens (tertiary/aromatic N) is 4. The molecule has 0 spiro atoms. The van der Waals surface area contributed by atoms with E-state index in [9.17, 15) is 9.18 Å². The third kappa shape index (κ3) is 4.53. The van der Waals surface area contributed by atoms with Crippen molar-refractivity contribution in [1.29, 1.82) is 0 Å². The Morgan fingerprint density at radius 1 is 1.26 bits per heavy atom. The summed E-state index contributed by atoms with van der Waals surface area (Å²) in [4.78, 5) is 22.5. The van der Waals surface area contributed by atoms with E-state index in [0.717, 1.165) is 5.56 Å². The Kier molecular flexibility index (Phi) is 5.87. The van der Waals surface area contributed by atoms with Crippen molar-refractivity contribution in [1.82, 2.24) is 25.3 Å². The third-order valence-corrected chi connectivity index (χ3v) is 3.99. The second kappa shape index (κ2) is 8.50. The van der Waals surface area contributed by atoms with E-state index in [-0.39, 0.29) is 5.91 Å². The average Bonchev–Trinajstić information content (AvgIpc) is 3.13. The topological polar surface area (TPSA) is 84.2 Å². The van der Waals surface area contributed by atoms with Gasteiger partial charge in [0.05, 0.1) is 0 Å². The third-order valence-electron chi connectivity index (χ3n) is 3.99. The number of hydrogen-bond donors (Lipinski definition) is 1. The molecule has 0 aliphatic carbocycles. The molecule has 1 atom stereocenters. The van der Waals surface area contributed by atoms with Gasteiger partial charge in [-0.2, -0.15) is 4.98 Å². The van der Waals surface area contributed by atoms with Crippen LogP contribution in [0.1, 0.15) is 17.5 Å². The fraction of sp³-hybridized carbons (Fsp3) is 0.263. The van der Waals surface area contributed by atoms with Gasteiger partial charge in [0.25, 0.3) is 0 Å². The molecule has 2 aromatic heterocycles. The molecule has 0 radical (unpaired) electrons. The van der Waals surface area contributed by atoms with Crippen LogP contribution in [0.2, 0.25) is 0 Å². The largest absolute Gasteiger partial charge is 0.354 e. The quantitative estimate of drug-likeness (QED) is 0.688. The van der Waals surface area contributed by atoms with E-state index in [0.29, 0.717) is 30.2 Å². The van der Waals surface area contributed by atoms with Gasteiger partial charge in [0.15, 0.2) is 0 Å². The number of rotatable bonds is 7. The van der Waals surface area contributed by atoms with Gasteiger partial charge in [0.2, 0.25) is 17.6 Å². The lowest BCUT2D eigenvalue weighted by Crippen LogP contribution is -2.38. The predicted molar refractivity (Wildman–Crippen MR) is 97.1 cm³/mol. The highest BCUT2D eigenvalue weighted by Crippen LogP contribution is 2.21. The molecule has 2 heterocycles. The van der Waals surface area contributed by atoms with Gasteiger partial charge in [-0.25, -0.2) is 4.39 Å². The molecule has 1 amide bonds. The Morgan fingerprint density at radius 3 is 2.78 bits per heavy atom. The van der Waals surface area contributed by atoms with Crippen molar-refractivity contribution in [3.05, 3.63) is 66.1 Å². The Hall–Kier alpha value is -3.13. The summed E-state index contributed by atoms with van der Waals surface area (Å²) in [6, 6.07) is 9.16. The van der Waals surface area contributed by atoms with E-state index >= 15 is 0 Å². The van der Waals surface area contributed by atoms with E-state index in [2.05, 4.69) is 20.4 Å². The van der Waals surface area contributed by atoms with Crippen LogP contribution in [0, 0.1) is 5.82 Å². The zero-order valence-electron chi connectivity index (χ0n) is 15.1. The molecule has 0 fully saturated rings. The van der Waals surface area contributed by atoms with Crippen molar-refractivity contribution in [2.24, 2.45) is 0 Å². The van der Waals surface area contributed by atoms with Crippen LogP contribution in [0.5, 0.6) is 0 Å². The molecule has 3 rings (SSSR count). The molecule has 3 aromatic rings. The van der Waals surface area contributed by atoms with Gasteiger partial charge < -0.3 is 9.84 Å². The van der Waals surface area contributed by atoms with Crippen LogP contribution in [0.3, 0.4) is 0 Å². The predicted octanol–water partition coefficient (Wildman–Crippen LogP) is 2.23. The minimum absolute atomic E-state index is 0.294. The number of carbonyl (C=O) groups is 1. The summed E-state index contributed by atoms with van der Waals surface area (Å²) in [5, 5.41) is 6.71. The summed E-state index contributed by atoms with van der Waals surface area (Å²) in [5.74, 6) is 0.143. The van der Waals surface area contributed by atoms with Crippen molar-refractivity contribution in [3.63, 3.8) is 0 Å². The maximum Gasteiger partial charge on any atom is 0.242 e. The van der Waals surface area contributed by atoms with E-state index in [4.69, 9.17) is 4.52 Å². The van der Waals surface area contributed by atoms with Crippen molar-refractivity contribution < 1.29 is 13.7 Å². The molecule has 140 valence electrons. The summed E-state index contributed by atoms with van der Waals surface area (Å²) in [6.45, 7) is 0.298. The maximum atomic E-state index is 14.1. The first-order valence-electron chi connectivity index (χ1n) is 8.48. The summed E-state index contributed by atoms with van der Waals surface area (Å²) in [5.41, 5.74) is 1.08. The highest BCUT2D eigenvalue weighted by Gasteiger charge is 2.25. The molecule has 0 aliphatic heterocycles. The molecular formula is C19H20FN5O2. The van der Waals surface area contributed by atoms with Gasteiger partial charge in [-0.3, -0.25) is 14.7 Å². The second-order valence-corrected chi connectivity index (χ2v) is 6.18. The summed E-state index contributed by atoms with van der Waals surface area (Å²) in [7, 11) is 3.46. The van der Waals surface area contributed by atoms with Crippen LogP contribution >= 0.6 is 0 Å². The van der Waals surface area contributed by atoms with Crippen molar-refractivity contribution in [2.75, 3.05) is 20.6 Å². The van der Waals surface area contributed by atoms with Crippen molar-refractivity contribution in [3.8, 4) is 11.4 Å². The smallest absolute Gasteiger partial charge is 0.242 e. The molecule has 0 saturated carbocycles. The van der Waals surface area contributed by atoms with Crippen molar-refractivity contribution >= 4 is 5.91 Å². The Morgan fingerprint density at radius 2 is 2.07 bits per heavy atom. The average molecular weight is 369 g/mol. The number of aromatic nitrogens is 3. The molecule has 1 N–H and O–H groups in total. The van der Waals surface area contributed by atoms with Crippen LogP contribution in [-0.4, -0.2) is 46.6 Å². The highest BCUT2D eigenvalue weighted by molar-refractivity contribution is 5.83. The lowest BCUT2D eigenvalue weighted by atomic mass is 10.0. The lowest BCUT2D eigenvalue weighted by Gasteiger charge is -2.24. The number of nitrogens with one attached hydrogen (secondary N) is 1. The van der Waals surface area contributed by atoms with Gasteiger partial charge in [-0.1, -0.05) is 23.4 Å². The summed E-state index contributed by atoms with van der Waals surface area (Å²) < 4.78 is 19.3. The molecule has 1 unspecified atom stereocenters. The summed E-state index contributed by atoms with van der Waals surface area (Å²) >= 11 is 0. The number of hydrogen-bond acceptors (Lipinski definition) is 6. The normalized spacial score (nSPS) is 12.1. The minimum Gasteiger partial charge on any atom is -0.354 e. The van der Waals surface area contributed by atoms with Crippen LogP contribution in [0.4, 0.5) is 4.39 Å². The molecule has 1 aromatic carbocycles. The van der Waals surface area contributed by atoms with E-state index < -0.39 is 11.9 Å². The first kappa shape index (κ1) is 18.7. The fourth-order valence-corrected chi connectivity index (χ4v) is 2.71. The van der Waals surface area contributed by atoms with Crippen LogP contribution in [0.15, 0.2) is 53.3 Å². The van der Waals surface area contributed by atoms with Gasteiger partial charge >= 0.3 is 0 Å². The number of amides is 1. The van der Waals surface area contributed by atoms with E-state index in [1.807, 2.05) is 6.07 Å². The van der Waals surface area contributed by atoms with Gasteiger partial charge in [-0.05, 0) is 32.3 Å². The van der Waals surface area contributed by atoms with Crippen LogP contribution < -0.4 is 5.32 Å². The molecular weight excluding hydrogens is 349 g/mol. The Labute approximate surface area is 156 Å². The van der Waals surface area contributed by atoms with Crippen molar-refractivity contribution in [2.45, 2.75) is 12.5 Å². The lowest BCUT2D eigenvalue weighted by molar-refractivity contribution is -0.125. The zero-order chi connectivity index (χ0) is 19.2.